The van der Waals surface area contributed by atoms with E-state index in [1.165, 1.54) is 24.2 Å². The van der Waals surface area contributed by atoms with Crippen molar-refractivity contribution >= 4 is 5.69 Å². The van der Waals surface area contributed by atoms with Crippen LogP contribution in [0, 0.1) is 0 Å². The number of hydrogen-bond acceptors (Lipinski definition) is 3. The molecule has 3 nitrogen and oxygen atoms in total. The molecule has 0 aliphatic rings. The lowest BCUT2D eigenvalue weighted by Gasteiger charge is -2.27. The highest BCUT2D eigenvalue weighted by Gasteiger charge is 2.09. The first-order valence-corrected chi connectivity index (χ1v) is 8.52. The average molecular weight is 291 g/mol. The summed E-state index contributed by atoms with van der Waals surface area (Å²) in [7, 11) is 0. The zero-order chi connectivity index (χ0) is 15.5. The van der Waals surface area contributed by atoms with Crippen LogP contribution < -0.4 is 10.2 Å². The highest BCUT2D eigenvalue weighted by molar-refractivity contribution is 5.53. The van der Waals surface area contributed by atoms with E-state index in [9.17, 15) is 0 Å². The standard InChI is InChI=1S/C18H33N3/c1-5-19-16-17-12-9-10-13-18(17)21(8-4)15-11-14-20(6-2)7-3/h9-10,12-13,19H,5-8,11,14-16H2,1-4H3. The summed E-state index contributed by atoms with van der Waals surface area (Å²) in [5.41, 5.74) is 2.80. The second-order valence-corrected chi connectivity index (χ2v) is 5.37. The maximum atomic E-state index is 3.44. The molecule has 0 heterocycles. The van der Waals surface area contributed by atoms with Gasteiger partial charge in [-0.05, 0) is 51.2 Å². The Hall–Kier alpha value is -1.06. The number of para-hydroxylation sites is 1. The molecule has 120 valence electrons. The van der Waals surface area contributed by atoms with Crippen LogP contribution in [-0.2, 0) is 6.54 Å². The van der Waals surface area contributed by atoms with Crippen molar-refractivity contribution in [3.05, 3.63) is 29.8 Å². The van der Waals surface area contributed by atoms with Gasteiger partial charge in [-0.15, -0.1) is 0 Å². The van der Waals surface area contributed by atoms with Gasteiger partial charge in [-0.2, -0.15) is 0 Å². The van der Waals surface area contributed by atoms with Crippen LogP contribution in [-0.4, -0.2) is 44.2 Å². The number of hydrogen-bond donors (Lipinski definition) is 1. The Morgan fingerprint density at radius 2 is 1.62 bits per heavy atom. The van der Waals surface area contributed by atoms with Crippen molar-refractivity contribution in [2.24, 2.45) is 0 Å². The van der Waals surface area contributed by atoms with Crippen molar-refractivity contribution < 1.29 is 0 Å². The molecule has 0 aromatic heterocycles. The van der Waals surface area contributed by atoms with E-state index in [0.29, 0.717) is 0 Å². The van der Waals surface area contributed by atoms with E-state index in [1.54, 1.807) is 0 Å². The van der Waals surface area contributed by atoms with E-state index >= 15 is 0 Å². The second-order valence-electron chi connectivity index (χ2n) is 5.37. The molecule has 0 spiro atoms. The van der Waals surface area contributed by atoms with Crippen molar-refractivity contribution in [3.63, 3.8) is 0 Å². The Kier molecular flexibility index (Phi) is 9.11. The van der Waals surface area contributed by atoms with E-state index in [2.05, 4.69) is 67.1 Å². The van der Waals surface area contributed by atoms with Crippen molar-refractivity contribution in [3.8, 4) is 0 Å². The summed E-state index contributed by atoms with van der Waals surface area (Å²) in [6.45, 7) is 16.6. The Labute approximate surface area is 131 Å². The first kappa shape index (κ1) is 18.0. The SMILES string of the molecule is CCNCc1ccccc1N(CC)CCCN(CC)CC. The van der Waals surface area contributed by atoms with Gasteiger partial charge in [-0.3, -0.25) is 0 Å². The van der Waals surface area contributed by atoms with Gasteiger partial charge in [0.25, 0.3) is 0 Å². The largest absolute Gasteiger partial charge is 0.372 e. The van der Waals surface area contributed by atoms with Gasteiger partial charge in [-0.25, -0.2) is 0 Å². The maximum absolute atomic E-state index is 3.44. The monoisotopic (exact) mass is 291 g/mol. The lowest BCUT2D eigenvalue weighted by Crippen LogP contribution is -2.30. The van der Waals surface area contributed by atoms with Gasteiger partial charge in [0.05, 0.1) is 0 Å². The van der Waals surface area contributed by atoms with Gasteiger partial charge in [-0.1, -0.05) is 39.0 Å². The van der Waals surface area contributed by atoms with Crippen molar-refractivity contribution in [2.45, 2.75) is 40.7 Å². The van der Waals surface area contributed by atoms with Gasteiger partial charge in [0.1, 0.15) is 0 Å². The zero-order valence-electron chi connectivity index (χ0n) is 14.4. The highest BCUT2D eigenvalue weighted by atomic mass is 15.1. The fourth-order valence-corrected chi connectivity index (χ4v) is 2.70. The summed E-state index contributed by atoms with van der Waals surface area (Å²) in [5.74, 6) is 0. The molecule has 1 rings (SSSR count). The van der Waals surface area contributed by atoms with Gasteiger partial charge in [0.15, 0.2) is 0 Å². The summed E-state index contributed by atoms with van der Waals surface area (Å²) in [4.78, 5) is 5.01. The smallest absolute Gasteiger partial charge is 0.0411 e. The third-order valence-corrected chi connectivity index (χ3v) is 4.08. The number of nitrogens with zero attached hydrogens (tertiary/aromatic N) is 2. The molecule has 1 aromatic carbocycles. The van der Waals surface area contributed by atoms with Crippen LogP contribution in [0.15, 0.2) is 24.3 Å². The summed E-state index contributed by atoms with van der Waals surface area (Å²) in [5, 5.41) is 3.44. The van der Waals surface area contributed by atoms with Crippen LogP contribution in [0.4, 0.5) is 5.69 Å². The van der Waals surface area contributed by atoms with Crippen LogP contribution in [0.1, 0.15) is 39.7 Å². The minimum absolute atomic E-state index is 0.958. The van der Waals surface area contributed by atoms with E-state index in [-0.39, 0.29) is 0 Å². The van der Waals surface area contributed by atoms with Crippen LogP contribution in [0.5, 0.6) is 0 Å². The second kappa shape index (κ2) is 10.6. The van der Waals surface area contributed by atoms with E-state index in [0.717, 1.165) is 39.3 Å². The molecule has 0 amide bonds. The van der Waals surface area contributed by atoms with E-state index in [4.69, 9.17) is 0 Å². The minimum Gasteiger partial charge on any atom is -0.372 e. The molecule has 21 heavy (non-hydrogen) atoms. The Morgan fingerprint density at radius 1 is 0.905 bits per heavy atom. The van der Waals surface area contributed by atoms with Crippen LogP contribution in [0.2, 0.25) is 0 Å². The molecular formula is C18H33N3. The Morgan fingerprint density at radius 3 is 2.24 bits per heavy atom. The molecule has 0 saturated carbocycles. The molecule has 0 aliphatic carbocycles. The summed E-state index contributed by atoms with van der Waals surface area (Å²) >= 11 is 0. The van der Waals surface area contributed by atoms with Gasteiger partial charge >= 0.3 is 0 Å². The third kappa shape index (κ3) is 6.06. The molecule has 1 N–H and O–H groups in total. The van der Waals surface area contributed by atoms with Gasteiger partial charge in [0.2, 0.25) is 0 Å². The average Bonchev–Trinajstić information content (AvgIpc) is 2.54. The number of benzene rings is 1. The number of rotatable bonds is 11. The van der Waals surface area contributed by atoms with Crippen LogP contribution >= 0.6 is 0 Å². The fraction of sp³-hybridized carbons (Fsp3) is 0.667. The molecule has 0 fully saturated rings. The molecule has 3 heteroatoms. The quantitative estimate of drug-likeness (QED) is 0.674. The molecule has 0 saturated heterocycles. The fourth-order valence-electron chi connectivity index (χ4n) is 2.70. The van der Waals surface area contributed by atoms with Crippen LogP contribution in [0.3, 0.4) is 0 Å². The van der Waals surface area contributed by atoms with E-state index in [1.807, 2.05) is 0 Å². The molecular weight excluding hydrogens is 258 g/mol. The van der Waals surface area contributed by atoms with E-state index < -0.39 is 0 Å². The first-order valence-electron chi connectivity index (χ1n) is 8.52. The van der Waals surface area contributed by atoms with Gasteiger partial charge in [0, 0.05) is 25.3 Å². The Balaban J connectivity index is 2.62. The third-order valence-electron chi connectivity index (χ3n) is 4.08. The zero-order valence-corrected chi connectivity index (χ0v) is 14.4. The molecule has 0 atom stereocenters. The van der Waals surface area contributed by atoms with Gasteiger partial charge < -0.3 is 15.1 Å². The van der Waals surface area contributed by atoms with Crippen LogP contribution in [0.25, 0.3) is 0 Å². The molecule has 0 bridgehead atoms. The molecule has 0 aliphatic heterocycles. The maximum Gasteiger partial charge on any atom is 0.0411 e. The summed E-state index contributed by atoms with van der Waals surface area (Å²) in [6, 6.07) is 8.79. The lowest BCUT2D eigenvalue weighted by molar-refractivity contribution is 0.300. The predicted octanol–water partition coefficient (Wildman–Crippen LogP) is 3.35. The number of nitrogens with one attached hydrogen (secondary N) is 1. The lowest BCUT2D eigenvalue weighted by atomic mass is 10.1. The Bertz CT molecular complexity index is 374. The first-order chi connectivity index (χ1) is 10.3. The number of anilines is 1. The topological polar surface area (TPSA) is 18.5 Å². The predicted molar refractivity (Wildman–Crippen MR) is 94.1 cm³/mol. The van der Waals surface area contributed by atoms with Crippen molar-refractivity contribution in [2.75, 3.05) is 44.2 Å². The summed E-state index contributed by atoms with van der Waals surface area (Å²) in [6.07, 6.45) is 1.23. The molecule has 0 unspecified atom stereocenters. The molecule has 1 aromatic rings. The highest BCUT2D eigenvalue weighted by Crippen LogP contribution is 2.20. The van der Waals surface area contributed by atoms with Crippen molar-refractivity contribution in [1.29, 1.82) is 0 Å². The molecule has 0 radical (unpaired) electrons. The minimum atomic E-state index is 0.958. The summed E-state index contributed by atoms with van der Waals surface area (Å²) < 4.78 is 0. The normalized spacial score (nSPS) is 11.1. The van der Waals surface area contributed by atoms with Crippen molar-refractivity contribution in [1.82, 2.24) is 10.2 Å².